The zero-order valence-electron chi connectivity index (χ0n) is 11.6. The Morgan fingerprint density at radius 3 is 2.68 bits per heavy atom. The molecule has 1 aromatic carbocycles. The first kappa shape index (κ1) is 13.0. The van der Waals surface area contributed by atoms with Gasteiger partial charge in [0, 0.05) is 23.8 Å². The standard InChI is InChI=1S/C15H10ClN5O/c1-20-7-6-11-12(14(20)22)13(9-2-4-10(16)5-3-9)21-15(19-11)17-8-18-21/h2-8H,1H3. The van der Waals surface area contributed by atoms with Crippen molar-refractivity contribution in [3.8, 4) is 11.3 Å². The largest absolute Gasteiger partial charge is 0.318 e. The monoisotopic (exact) mass is 311 g/mol. The minimum Gasteiger partial charge on any atom is -0.318 e. The fourth-order valence-electron chi connectivity index (χ4n) is 2.49. The first-order chi connectivity index (χ1) is 10.6. The smallest absolute Gasteiger partial charge is 0.261 e. The minimum atomic E-state index is -0.132. The zero-order valence-corrected chi connectivity index (χ0v) is 12.3. The summed E-state index contributed by atoms with van der Waals surface area (Å²) in [5.41, 5.74) is 1.95. The number of pyridine rings is 1. The van der Waals surface area contributed by atoms with Crippen LogP contribution in [0.1, 0.15) is 0 Å². The molecule has 0 saturated heterocycles. The summed E-state index contributed by atoms with van der Waals surface area (Å²) >= 11 is 5.96. The number of aromatic nitrogens is 5. The summed E-state index contributed by atoms with van der Waals surface area (Å²) in [6.07, 6.45) is 3.11. The highest BCUT2D eigenvalue weighted by atomic mass is 35.5. The fourth-order valence-corrected chi connectivity index (χ4v) is 2.62. The number of hydrogen-bond donors (Lipinski definition) is 0. The number of benzene rings is 1. The Hall–Kier alpha value is -2.73. The van der Waals surface area contributed by atoms with E-state index in [0.717, 1.165) is 5.56 Å². The molecular weight excluding hydrogens is 302 g/mol. The summed E-state index contributed by atoms with van der Waals surface area (Å²) in [4.78, 5) is 21.1. The van der Waals surface area contributed by atoms with Crippen molar-refractivity contribution < 1.29 is 0 Å². The second-order valence-electron chi connectivity index (χ2n) is 4.93. The summed E-state index contributed by atoms with van der Waals surface area (Å²) < 4.78 is 3.10. The van der Waals surface area contributed by atoms with Gasteiger partial charge in [0.25, 0.3) is 11.3 Å². The van der Waals surface area contributed by atoms with Crippen molar-refractivity contribution in [3.05, 3.63) is 58.2 Å². The molecule has 0 amide bonds. The zero-order chi connectivity index (χ0) is 15.3. The second kappa shape index (κ2) is 4.64. The van der Waals surface area contributed by atoms with E-state index in [1.165, 1.54) is 10.9 Å². The normalized spacial score (nSPS) is 11.4. The van der Waals surface area contributed by atoms with Gasteiger partial charge in [-0.2, -0.15) is 14.6 Å². The van der Waals surface area contributed by atoms with Crippen LogP contribution in [0.25, 0.3) is 27.9 Å². The van der Waals surface area contributed by atoms with Crippen molar-refractivity contribution in [1.82, 2.24) is 24.1 Å². The summed E-state index contributed by atoms with van der Waals surface area (Å²) in [6.45, 7) is 0. The van der Waals surface area contributed by atoms with Gasteiger partial charge in [0.2, 0.25) is 0 Å². The van der Waals surface area contributed by atoms with Crippen LogP contribution in [0.15, 0.2) is 47.7 Å². The van der Waals surface area contributed by atoms with Crippen LogP contribution in [0, 0.1) is 0 Å². The Morgan fingerprint density at radius 1 is 1.14 bits per heavy atom. The molecule has 0 unspecified atom stereocenters. The van der Waals surface area contributed by atoms with E-state index in [4.69, 9.17) is 11.6 Å². The van der Waals surface area contributed by atoms with Gasteiger partial charge in [-0.3, -0.25) is 4.79 Å². The van der Waals surface area contributed by atoms with Gasteiger partial charge >= 0.3 is 0 Å². The minimum absolute atomic E-state index is 0.132. The van der Waals surface area contributed by atoms with E-state index >= 15 is 0 Å². The Kier molecular flexibility index (Phi) is 2.74. The highest BCUT2D eigenvalue weighted by molar-refractivity contribution is 6.30. The molecule has 3 heterocycles. The third kappa shape index (κ3) is 1.81. The van der Waals surface area contributed by atoms with Crippen LogP contribution < -0.4 is 5.56 Å². The fraction of sp³-hybridized carbons (Fsp3) is 0.0667. The molecule has 3 aromatic heterocycles. The van der Waals surface area contributed by atoms with Crippen LogP contribution in [0.3, 0.4) is 0 Å². The Balaban J connectivity index is 2.25. The summed E-state index contributed by atoms with van der Waals surface area (Å²) in [5, 5.41) is 5.33. The summed E-state index contributed by atoms with van der Waals surface area (Å²) in [5.74, 6) is 0.450. The van der Waals surface area contributed by atoms with E-state index in [1.807, 2.05) is 12.1 Å². The number of rotatable bonds is 1. The lowest BCUT2D eigenvalue weighted by molar-refractivity contribution is 0.867. The van der Waals surface area contributed by atoms with Crippen LogP contribution in [-0.2, 0) is 7.05 Å². The molecule has 0 saturated carbocycles. The predicted molar refractivity (Wildman–Crippen MR) is 84.0 cm³/mol. The van der Waals surface area contributed by atoms with Gasteiger partial charge < -0.3 is 4.57 Å². The highest BCUT2D eigenvalue weighted by Gasteiger charge is 2.16. The first-order valence-corrected chi connectivity index (χ1v) is 6.98. The number of halogens is 1. The molecule has 0 fully saturated rings. The van der Waals surface area contributed by atoms with Gasteiger partial charge in [-0.05, 0) is 18.2 Å². The SMILES string of the molecule is Cn1ccc2nc3ncnn3c(-c3ccc(Cl)cc3)c2c1=O. The summed E-state index contributed by atoms with van der Waals surface area (Å²) in [7, 11) is 1.71. The van der Waals surface area contributed by atoms with E-state index in [0.29, 0.717) is 27.4 Å². The van der Waals surface area contributed by atoms with E-state index in [1.54, 1.807) is 36.0 Å². The Labute approximate surface area is 129 Å². The topological polar surface area (TPSA) is 65.1 Å². The maximum Gasteiger partial charge on any atom is 0.261 e. The van der Waals surface area contributed by atoms with Gasteiger partial charge in [0.15, 0.2) is 0 Å². The number of aryl methyl sites for hydroxylation is 1. The second-order valence-corrected chi connectivity index (χ2v) is 5.37. The number of hydrogen-bond acceptors (Lipinski definition) is 4. The van der Waals surface area contributed by atoms with Crippen molar-refractivity contribution in [3.63, 3.8) is 0 Å². The first-order valence-electron chi connectivity index (χ1n) is 6.60. The van der Waals surface area contributed by atoms with E-state index in [9.17, 15) is 4.79 Å². The predicted octanol–water partition coefficient (Wildman–Crippen LogP) is 2.30. The third-order valence-corrected chi connectivity index (χ3v) is 3.81. The highest BCUT2D eigenvalue weighted by Crippen LogP contribution is 2.26. The van der Waals surface area contributed by atoms with Crippen LogP contribution in [-0.4, -0.2) is 24.1 Å². The van der Waals surface area contributed by atoms with Gasteiger partial charge in [0.05, 0.1) is 16.6 Å². The van der Waals surface area contributed by atoms with Crippen LogP contribution in [0.5, 0.6) is 0 Å². The molecule has 4 rings (SSSR count). The number of nitrogens with zero attached hydrogens (tertiary/aromatic N) is 5. The molecule has 0 bridgehead atoms. The average Bonchev–Trinajstić information content (AvgIpc) is 2.98. The molecule has 4 aromatic rings. The molecule has 0 radical (unpaired) electrons. The quantitative estimate of drug-likeness (QED) is 0.541. The van der Waals surface area contributed by atoms with Crippen LogP contribution >= 0.6 is 11.6 Å². The lowest BCUT2D eigenvalue weighted by Crippen LogP contribution is -2.18. The lowest BCUT2D eigenvalue weighted by Gasteiger charge is -2.09. The Morgan fingerprint density at radius 2 is 1.91 bits per heavy atom. The molecular formula is C15H10ClN5O. The third-order valence-electron chi connectivity index (χ3n) is 3.56. The maximum atomic E-state index is 12.6. The van der Waals surface area contributed by atoms with Crippen molar-refractivity contribution >= 4 is 28.3 Å². The lowest BCUT2D eigenvalue weighted by atomic mass is 10.1. The summed E-state index contributed by atoms with van der Waals surface area (Å²) in [6, 6.07) is 9.05. The van der Waals surface area contributed by atoms with Gasteiger partial charge in [-0.15, -0.1) is 0 Å². The molecule has 0 aliphatic carbocycles. The molecule has 0 aliphatic rings. The van der Waals surface area contributed by atoms with Gasteiger partial charge in [0.1, 0.15) is 6.33 Å². The van der Waals surface area contributed by atoms with E-state index < -0.39 is 0 Å². The van der Waals surface area contributed by atoms with Crippen molar-refractivity contribution in [2.75, 3.05) is 0 Å². The van der Waals surface area contributed by atoms with Crippen molar-refractivity contribution in [2.45, 2.75) is 0 Å². The average molecular weight is 312 g/mol. The van der Waals surface area contributed by atoms with Gasteiger partial charge in [-0.25, -0.2) is 4.98 Å². The van der Waals surface area contributed by atoms with Crippen molar-refractivity contribution in [1.29, 1.82) is 0 Å². The van der Waals surface area contributed by atoms with Crippen LogP contribution in [0.2, 0.25) is 5.02 Å². The van der Waals surface area contributed by atoms with Crippen LogP contribution in [0.4, 0.5) is 0 Å². The molecule has 22 heavy (non-hydrogen) atoms. The molecule has 0 N–H and O–H groups in total. The molecule has 108 valence electrons. The van der Waals surface area contributed by atoms with Gasteiger partial charge in [-0.1, -0.05) is 23.7 Å². The van der Waals surface area contributed by atoms with E-state index in [-0.39, 0.29) is 5.56 Å². The molecule has 0 atom stereocenters. The van der Waals surface area contributed by atoms with Crippen molar-refractivity contribution in [2.24, 2.45) is 7.05 Å². The molecule has 0 aliphatic heterocycles. The maximum absolute atomic E-state index is 12.6. The Bertz CT molecular complexity index is 1070. The van der Waals surface area contributed by atoms with E-state index in [2.05, 4.69) is 15.1 Å². The number of fused-ring (bicyclic) bond motifs is 2. The molecule has 0 spiro atoms. The molecule has 6 nitrogen and oxygen atoms in total. The molecule has 7 heteroatoms.